The number of carbonyl (C=O) groups is 4. The summed E-state index contributed by atoms with van der Waals surface area (Å²) in [4.78, 5) is 53.2. The molecule has 0 unspecified atom stereocenters. The fourth-order valence-electron chi connectivity index (χ4n) is 5.22. The Morgan fingerprint density at radius 3 is 2.55 bits per heavy atom. The first kappa shape index (κ1) is 20.0. The number of nitrogens with zero attached hydrogens (tertiary/aromatic N) is 1. The average Bonchev–Trinajstić information content (AvgIpc) is 3.29. The van der Waals surface area contributed by atoms with Gasteiger partial charge in [0.15, 0.2) is 0 Å². The van der Waals surface area contributed by atoms with Crippen LogP contribution in [0.5, 0.6) is 0 Å². The number of carbonyl (C=O) groups excluding carboxylic acids is 4. The summed E-state index contributed by atoms with van der Waals surface area (Å²) in [7, 11) is 0. The lowest BCUT2D eigenvalue weighted by Crippen LogP contribution is -2.99. The van der Waals surface area contributed by atoms with Gasteiger partial charge in [-0.25, -0.2) is 4.90 Å². The molecule has 3 aliphatic rings. The van der Waals surface area contributed by atoms with E-state index in [9.17, 15) is 19.2 Å². The number of para-hydroxylation sites is 1. The van der Waals surface area contributed by atoms with Crippen LogP contribution in [0.3, 0.4) is 0 Å². The number of nitrogens with two attached hydrogens (primary N) is 2. The summed E-state index contributed by atoms with van der Waals surface area (Å²) in [6.07, 6.45) is -0.146. The van der Waals surface area contributed by atoms with Crippen molar-refractivity contribution in [3.63, 3.8) is 0 Å². The third kappa shape index (κ3) is 2.65. The monoisotopic (exact) mass is 459 g/mol. The Balaban J connectivity index is 1.67. The molecule has 0 aliphatic carbocycles. The van der Waals surface area contributed by atoms with Crippen LogP contribution in [0.25, 0.3) is 0 Å². The van der Waals surface area contributed by atoms with Crippen LogP contribution in [0.2, 0.25) is 10.0 Å². The normalized spacial score (nSPS) is 28.8. The minimum atomic E-state index is -1.36. The smallest absolute Gasteiger partial charge is 0.291 e. The quantitative estimate of drug-likeness (QED) is 0.585. The van der Waals surface area contributed by atoms with Gasteiger partial charge in [-0.2, -0.15) is 0 Å². The maximum Gasteiger partial charge on any atom is 0.291 e. The number of benzene rings is 2. The van der Waals surface area contributed by atoms with Crippen molar-refractivity contribution in [3.8, 4) is 0 Å². The Kier molecular flexibility index (Phi) is 4.37. The van der Waals surface area contributed by atoms with E-state index in [4.69, 9.17) is 28.9 Å². The van der Waals surface area contributed by atoms with Crippen molar-refractivity contribution < 1.29 is 24.5 Å². The van der Waals surface area contributed by atoms with Crippen LogP contribution in [0.1, 0.15) is 12.0 Å². The summed E-state index contributed by atoms with van der Waals surface area (Å²) < 4.78 is 0. The first-order valence-corrected chi connectivity index (χ1v) is 10.4. The number of primary amides is 1. The fraction of sp³-hybridized carbons (Fsp3) is 0.238. The summed E-state index contributed by atoms with van der Waals surface area (Å²) >= 11 is 12.1. The molecule has 4 atom stereocenters. The number of halogens is 2. The van der Waals surface area contributed by atoms with E-state index in [1.165, 1.54) is 18.2 Å². The summed E-state index contributed by atoms with van der Waals surface area (Å²) in [6.45, 7) is 0. The zero-order valence-corrected chi connectivity index (χ0v) is 17.5. The predicted molar refractivity (Wildman–Crippen MR) is 112 cm³/mol. The minimum absolute atomic E-state index is 0.146. The summed E-state index contributed by atoms with van der Waals surface area (Å²) in [5.74, 6) is -3.92. The van der Waals surface area contributed by atoms with Crippen molar-refractivity contribution >= 4 is 58.2 Å². The molecule has 0 bridgehead atoms. The largest absolute Gasteiger partial charge is 0.369 e. The van der Waals surface area contributed by atoms with E-state index < -0.39 is 47.0 Å². The molecule has 2 saturated heterocycles. The van der Waals surface area contributed by atoms with Crippen LogP contribution in [0.15, 0.2) is 42.5 Å². The number of hydrogen-bond acceptors (Lipinski definition) is 4. The Labute approximate surface area is 186 Å². The van der Waals surface area contributed by atoms with Crippen molar-refractivity contribution in [2.24, 2.45) is 17.6 Å². The van der Waals surface area contributed by atoms with Crippen LogP contribution in [-0.4, -0.2) is 29.7 Å². The van der Waals surface area contributed by atoms with E-state index in [0.29, 0.717) is 11.3 Å². The van der Waals surface area contributed by atoms with Gasteiger partial charge in [0.2, 0.25) is 23.3 Å². The number of fused-ring (bicyclic) bond motifs is 4. The summed E-state index contributed by atoms with van der Waals surface area (Å²) in [5.41, 5.74) is 5.52. The van der Waals surface area contributed by atoms with Crippen molar-refractivity contribution in [2.75, 3.05) is 10.2 Å². The highest BCUT2D eigenvalue weighted by Crippen LogP contribution is 2.50. The van der Waals surface area contributed by atoms with Gasteiger partial charge < -0.3 is 16.4 Å². The zero-order valence-electron chi connectivity index (χ0n) is 16.0. The molecule has 2 aromatic carbocycles. The Bertz CT molecular complexity index is 1190. The van der Waals surface area contributed by atoms with Crippen molar-refractivity contribution in [2.45, 2.75) is 18.0 Å². The molecule has 3 heterocycles. The molecule has 5 N–H and O–H groups in total. The number of anilines is 2. The Morgan fingerprint density at radius 2 is 1.84 bits per heavy atom. The Morgan fingerprint density at radius 1 is 1.10 bits per heavy atom. The lowest BCUT2D eigenvalue weighted by Gasteiger charge is -2.26. The van der Waals surface area contributed by atoms with Crippen LogP contribution < -0.4 is 21.3 Å². The van der Waals surface area contributed by atoms with Crippen molar-refractivity contribution in [3.05, 3.63) is 58.1 Å². The molecule has 3 aliphatic heterocycles. The van der Waals surface area contributed by atoms with Gasteiger partial charge in [-0.15, -0.1) is 0 Å². The third-order valence-electron chi connectivity index (χ3n) is 6.37. The van der Waals surface area contributed by atoms with E-state index in [-0.39, 0.29) is 22.2 Å². The van der Waals surface area contributed by atoms with Gasteiger partial charge in [-0.1, -0.05) is 41.4 Å². The molecule has 0 saturated carbocycles. The van der Waals surface area contributed by atoms with Gasteiger partial charge >= 0.3 is 0 Å². The number of amides is 4. The van der Waals surface area contributed by atoms with Gasteiger partial charge in [0.25, 0.3) is 5.91 Å². The van der Waals surface area contributed by atoms with E-state index >= 15 is 0 Å². The first-order chi connectivity index (χ1) is 14.8. The lowest BCUT2D eigenvalue weighted by molar-refractivity contribution is -0.732. The molecule has 0 aromatic heterocycles. The molecule has 158 valence electrons. The highest BCUT2D eigenvalue weighted by Gasteiger charge is 2.74. The molecule has 2 aromatic rings. The highest BCUT2D eigenvalue weighted by atomic mass is 35.5. The fourth-order valence-corrected chi connectivity index (χ4v) is 5.51. The van der Waals surface area contributed by atoms with Crippen LogP contribution in [0, 0.1) is 11.8 Å². The Hall–Kier alpha value is -2.94. The third-order valence-corrected chi connectivity index (χ3v) is 7.11. The van der Waals surface area contributed by atoms with E-state index in [1.807, 2.05) is 0 Å². The SMILES string of the molecule is NC(=O)C[C@@H]1[NH2+][C@]2(C(=O)Nc3ccccc32)[C@@H]2C(=O)N(c3ccc(Cl)c(Cl)c3)C(=O)[C@H]12. The number of hydrogen-bond donors (Lipinski definition) is 3. The van der Waals surface area contributed by atoms with Gasteiger partial charge in [0.05, 0.1) is 27.8 Å². The van der Waals surface area contributed by atoms with Gasteiger partial charge in [0.1, 0.15) is 17.9 Å². The van der Waals surface area contributed by atoms with Gasteiger partial charge in [0, 0.05) is 5.56 Å². The molecule has 2 fully saturated rings. The second kappa shape index (κ2) is 6.78. The van der Waals surface area contributed by atoms with Crippen LogP contribution in [-0.2, 0) is 24.7 Å². The standard InChI is InChI=1S/C21H16Cl2N4O4/c22-11-6-5-9(7-12(11)23)27-18(29)16-14(8-15(24)28)26-21(17(16)19(27)30)10-3-1-2-4-13(10)25-20(21)31/h1-7,14,16-17,26H,8H2,(H2,24,28)(H,25,31)/p+1/t14-,16+,17-,21-/m0/s1. The lowest BCUT2D eigenvalue weighted by atomic mass is 9.76. The van der Waals surface area contributed by atoms with Gasteiger partial charge in [-0.05, 0) is 24.3 Å². The maximum atomic E-state index is 13.7. The molecule has 8 nitrogen and oxygen atoms in total. The molecule has 5 rings (SSSR count). The average molecular weight is 460 g/mol. The van der Waals surface area contributed by atoms with Crippen molar-refractivity contribution in [1.29, 1.82) is 0 Å². The first-order valence-electron chi connectivity index (χ1n) is 9.64. The molecular weight excluding hydrogens is 443 g/mol. The van der Waals surface area contributed by atoms with Crippen LogP contribution in [0.4, 0.5) is 11.4 Å². The van der Waals surface area contributed by atoms with E-state index in [1.54, 1.807) is 29.6 Å². The number of nitrogens with one attached hydrogen (secondary N) is 1. The van der Waals surface area contributed by atoms with Gasteiger partial charge in [-0.3, -0.25) is 19.2 Å². The number of imide groups is 1. The van der Waals surface area contributed by atoms with E-state index in [2.05, 4.69) is 5.32 Å². The topological polar surface area (TPSA) is 126 Å². The van der Waals surface area contributed by atoms with Crippen molar-refractivity contribution in [1.82, 2.24) is 0 Å². The molecule has 10 heteroatoms. The van der Waals surface area contributed by atoms with E-state index in [0.717, 1.165) is 4.90 Å². The predicted octanol–water partition coefficient (Wildman–Crippen LogP) is 0.768. The highest BCUT2D eigenvalue weighted by molar-refractivity contribution is 6.42. The zero-order chi connectivity index (χ0) is 22.1. The summed E-state index contributed by atoms with van der Waals surface area (Å²) in [6, 6.07) is 10.8. The molecule has 31 heavy (non-hydrogen) atoms. The maximum absolute atomic E-state index is 13.7. The molecule has 4 amide bonds. The number of quaternary nitrogens is 1. The number of rotatable bonds is 3. The molecule has 0 radical (unpaired) electrons. The molecular formula is C21H17Cl2N4O4+. The minimum Gasteiger partial charge on any atom is -0.369 e. The molecule has 1 spiro atoms. The summed E-state index contributed by atoms with van der Waals surface area (Å²) in [5, 5.41) is 4.95. The second-order valence-corrected chi connectivity index (χ2v) is 8.80. The van der Waals surface area contributed by atoms with Crippen LogP contribution >= 0.6 is 23.2 Å². The second-order valence-electron chi connectivity index (χ2n) is 7.98.